The molecule has 1 heterocycles. The van der Waals surface area contributed by atoms with Crippen molar-refractivity contribution in [3.8, 4) is 17.2 Å². The minimum absolute atomic E-state index is 0.170. The van der Waals surface area contributed by atoms with Gasteiger partial charge in [0, 0.05) is 10.9 Å². The largest absolute Gasteiger partial charge is 0.493 e. The molecule has 0 bridgehead atoms. The summed E-state index contributed by atoms with van der Waals surface area (Å²) in [5, 5.41) is 0.849. The maximum absolute atomic E-state index is 12.5. The van der Waals surface area contributed by atoms with Crippen molar-refractivity contribution in [3.63, 3.8) is 0 Å². The minimum Gasteiger partial charge on any atom is -0.493 e. The normalized spacial score (nSPS) is 10.6. The van der Waals surface area contributed by atoms with E-state index in [9.17, 15) is 9.59 Å². The molecule has 28 heavy (non-hydrogen) atoms. The van der Waals surface area contributed by atoms with Crippen LogP contribution in [0.25, 0.3) is 11.0 Å². The first-order valence-electron chi connectivity index (χ1n) is 8.48. The maximum Gasteiger partial charge on any atom is 0.338 e. The number of ether oxygens (including phenoxy) is 4. The van der Waals surface area contributed by atoms with Crippen LogP contribution in [0.2, 0.25) is 0 Å². The average Bonchev–Trinajstić information content (AvgIpc) is 3.07. The van der Waals surface area contributed by atoms with Crippen molar-refractivity contribution in [1.29, 1.82) is 0 Å². The van der Waals surface area contributed by atoms with Crippen molar-refractivity contribution in [2.24, 2.45) is 0 Å². The molecule has 2 aromatic carbocycles. The van der Waals surface area contributed by atoms with Crippen molar-refractivity contribution in [3.05, 3.63) is 53.3 Å². The Labute approximate surface area is 161 Å². The van der Waals surface area contributed by atoms with Crippen molar-refractivity contribution < 1.29 is 33.0 Å². The number of rotatable bonds is 7. The van der Waals surface area contributed by atoms with E-state index in [1.807, 2.05) is 18.2 Å². The smallest absolute Gasteiger partial charge is 0.338 e. The van der Waals surface area contributed by atoms with Gasteiger partial charge in [0.25, 0.3) is 0 Å². The van der Waals surface area contributed by atoms with Gasteiger partial charge in [-0.15, -0.1) is 0 Å². The highest BCUT2D eigenvalue weighted by Crippen LogP contribution is 2.38. The molecular weight excluding hydrogens is 364 g/mol. The van der Waals surface area contributed by atoms with E-state index in [0.29, 0.717) is 28.4 Å². The Morgan fingerprint density at radius 1 is 0.964 bits per heavy atom. The summed E-state index contributed by atoms with van der Waals surface area (Å²) in [4.78, 5) is 24.9. The van der Waals surface area contributed by atoms with Gasteiger partial charge in [0.2, 0.25) is 11.5 Å². The Kier molecular flexibility index (Phi) is 5.54. The number of benzene rings is 2. The van der Waals surface area contributed by atoms with E-state index in [-0.39, 0.29) is 11.3 Å². The molecule has 1 aromatic heterocycles. The number of aryl methyl sites for hydroxylation is 1. The molecule has 0 amide bonds. The van der Waals surface area contributed by atoms with Crippen LogP contribution in [0.3, 0.4) is 0 Å². The second kappa shape index (κ2) is 8.04. The zero-order valence-corrected chi connectivity index (χ0v) is 16.0. The number of ketones is 1. The van der Waals surface area contributed by atoms with Gasteiger partial charge in [-0.1, -0.05) is 18.2 Å². The predicted octanol–water partition coefficient (Wildman–Crippen LogP) is 3.81. The van der Waals surface area contributed by atoms with Crippen LogP contribution >= 0.6 is 0 Å². The van der Waals surface area contributed by atoms with Gasteiger partial charge in [0.1, 0.15) is 5.58 Å². The third kappa shape index (κ3) is 3.51. The fourth-order valence-corrected chi connectivity index (χ4v) is 2.92. The van der Waals surface area contributed by atoms with Crippen molar-refractivity contribution in [2.45, 2.75) is 6.92 Å². The molecule has 0 saturated carbocycles. The van der Waals surface area contributed by atoms with Gasteiger partial charge in [-0.05, 0) is 25.1 Å². The Balaban J connectivity index is 1.78. The van der Waals surface area contributed by atoms with E-state index in [2.05, 4.69) is 0 Å². The highest BCUT2D eigenvalue weighted by Gasteiger charge is 2.21. The lowest BCUT2D eigenvalue weighted by atomic mass is 10.1. The van der Waals surface area contributed by atoms with Gasteiger partial charge in [0.05, 0.1) is 26.9 Å². The van der Waals surface area contributed by atoms with Crippen LogP contribution in [0.1, 0.15) is 26.5 Å². The lowest BCUT2D eigenvalue weighted by Gasteiger charge is -2.13. The molecule has 0 aliphatic carbocycles. The second-order valence-electron chi connectivity index (χ2n) is 5.97. The van der Waals surface area contributed by atoms with Crippen LogP contribution in [-0.4, -0.2) is 39.7 Å². The number of furan rings is 1. The van der Waals surface area contributed by atoms with Crippen LogP contribution in [-0.2, 0) is 4.74 Å². The number of Topliss-reactive ketones (excluding diaryl/α,β-unsaturated/α-hetero) is 1. The van der Waals surface area contributed by atoms with Gasteiger partial charge in [-0.25, -0.2) is 4.79 Å². The first-order chi connectivity index (χ1) is 13.5. The quantitative estimate of drug-likeness (QED) is 0.452. The summed E-state index contributed by atoms with van der Waals surface area (Å²) in [6, 6.07) is 10.3. The standard InChI is InChI=1S/C21H20O7/c1-12-14-7-5-6-8-16(14)28-19(12)15(22)11-27-21(23)13-9-17(24-2)20(26-4)18(10-13)25-3/h5-10H,11H2,1-4H3. The van der Waals surface area contributed by atoms with Gasteiger partial charge >= 0.3 is 5.97 Å². The molecule has 0 fully saturated rings. The topological polar surface area (TPSA) is 84.2 Å². The number of hydrogen-bond donors (Lipinski definition) is 0. The van der Waals surface area contributed by atoms with Crippen LogP contribution in [0.4, 0.5) is 0 Å². The molecule has 0 aliphatic rings. The lowest BCUT2D eigenvalue weighted by molar-refractivity contribution is 0.0467. The number of hydrogen-bond acceptors (Lipinski definition) is 7. The highest BCUT2D eigenvalue weighted by atomic mass is 16.5. The number of fused-ring (bicyclic) bond motifs is 1. The Morgan fingerprint density at radius 3 is 2.18 bits per heavy atom. The SMILES string of the molecule is COc1cc(C(=O)OCC(=O)c2oc3ccccc3c2C)cc(OC)c1OC. The molecule has 146 valence electrons. The van der Waals surface area contributed by atoms with Crippen LogP contribution < -0.4 is 14.2 Å². The molecule has 0 N–H and O–H groups in total. The minimum atomic E-state index is -0.693. The third-order valence-corrected chi connectivity index (χ3v) is 4.33. The number of methoxy groups -OCH3 is 3. The van der Waals surface area contributed by atoms with Crippen molar-refractivity contribution in [2.75, 3.05) is 27.9 Å². The zero-order chi connectivity index (χ0) is 20.3. The highest BCUT2D eigenvalue weighted by molar-refractivity contribution is 6.02. The van der Waals surface area contributed by atoms with E-state index < -0.39 is 18.4 Å². The third-order valence-electron chi connectivity index (χ3n) is 4.33. The number of esters is 1. The van der Waals surface area contributed by atoms with E-state index >= 15 is 0 Å². The molecule has 0 radical (unpaired) electrons. The Morgan fingerprint density at radius 2 is 1.61 bits per heavy atom. The zero-order valence-electron chi connectivity index (χ0n) is 16.0. The van der Waals surface area contributed by atoms with Gasteiger partial charge < -0.3 is 23.4 Å². The summed E-state index contributed by atoms with van der Waals surface area (Å²) in [6.07, 6.45) is 0. The molecule has 7 heteroatoms. The summed E-state index contributed by atoms with van der Waals surface area (Å²) in [5.41, 5.74) is 1.49. The fraction of sp³-hybridized carbons (Fsp3) is 0.238. The molecule has 0 aliphatic heterocycles. The van der Waals surface area contributed by atoms with E-state index in [4.69, 9.17) is 23.4 Å². The second-order valence-corrected chi connectivity index (χ2v) is 5.97. The van der Waals surface area contributed by atoms with Crippen LogP contribution in [0, 0.1) is 6.92 Å². The summed E-state index contributed by atoms with van der Waals surface area (Å²) in [7, 11) is 4.35. The monoisotopic (exact) mass is 384 g/mol. The molecule has 7 nitrogen and oxygen atoms in total. The van der Waals surface area contributed by atoms with Crippen molar-refractivity contribution >= 4 is 22.7 Å². The fourth-order valence-electron chi connectivity index (χ4n) is 2.92. The Hall–Kier alpha value is -3.48. The number of para-hydroxylation sites is 1. The summed E-state index contributed by atoms with van der Waals surface area (Å²) in [6.45, 7) is 1.34. The maximum atomic E-state index is 12.5. The van der Waals surface area contributed by atoms with Gasteiger partial charge in [-0.2, -0.15) is 0 Å². The first kappa shape index (κ1) is 19.3. The van der Waals surface area contributed by atoms with E-state index in [0.717, 1.165) is 5.39 Å². The average molecular weight is 384 g/mol. The lowest BCUT2D eigenvalue weighted by Crippen LogP contribution is -2.15. The number of carbonyl (C=O) groups excluding carboxylic acids is 2. The molecule has 3 rings (SSSR count). The summed E-state index contributed by atoms with van der Waals surface area (Å²) in [5.74, 6) is 0.0480. The van der Waals surface area contributed by atoms with Crippen molar-refractivity contribution in [1.82, 2.24) is 0 Å². The van der Waals surface area contributed by atoms with Gasteiger partial charge in [0.15, 0.2) is 23.9 Å². The molecular formula is C21H20O7. The Bertz CT molecular complexity index is 1010. The molecule has 0 spiro atoms. The predicted molar refractivity (Wildman–Crippen MR) is 102 cm³/mol. The molecule has 3 aromatic rings. The molecule has 0 unspecified atom stereocenters. The number of carbonyl (C=O) groups is 2. The summed E-state index contributed by atoms with van der Waals surface area (Å²) < 4.78 is 26.4. The molecule has 0 atom stereocenters. The van der Waals surface area contributed by atoms with Crippen LogP contribution in [0.15, 0.2) is 40.8 Å². The van der Waals surface area contributed by atoms with Gasteiger partial charge in [-0.3, -0.25) is 4.79 Å². The van der Waals surface area contributed by atoms with E-state index in [1.54, 1.807) is 13.0 Å². The molecule has 0 saturated heterocycles. The summed E-state index contributed by atoms with van der Waals surface area (Å²) >= 11 is 0. The van der Waals surface area contributed by atoms with E-state index in [1.165, 1.54) is 33.5 Å². The van der Waals surface area contributed by atoms with Crippen LogP contribution in [0.5, 0.6) is 17.2 Å². The first-order valence-corrected chi connectivity index (χ1v) is 8.48.